The van der Waals surface area contributed by atoms with Crippen LogP contribution in [0.1, 0.15) is 17.3 Å². The average molecular weight is 381 g/mol. The van der Waals surface area contributed by atoms with Gasteiger partial charge in [0.1, 0.15) is 5.82 Å². The van der Waals surface area contributed by atoms with E-state index in [-0.39, 0.29) is 11.8 Å². The van der Waals surface area contributed by atoms with Crippen molar-refractivity contribution in [3.8, 4) is 0 Å². The van der Waals surface area contributed by atoms with Crippen molar-refractivity contribution in [2.75, 3.05) is 16.0 Å². The van der Waals surface area contributed by atoms with Gasteiger partial charge >= 0.3 is 0 Å². The molecule has 7 heteroatoms. The number of aromatic nitrogens is 1. The summed E-state index contributed by atoms with van der Waals surface area (Å²) in [7, 11) is 0. The van der Waals surface area contributed by atoms with Crippen LogP contribution in [-0.4, -0.2) is 16.8 Å². The first-order chi connectivity index (χ1) is 13.0. The van der Waals surface area contributed by atoms with Gasteiger partial charge in [0.15, 0.2) is 0 Å². The van der Waals surface area contributed by atoms with Crippen LogP contribution in [0.25, 0.3) is 0 Å². The molecule has 3 aromatic rings. The summed E-state index contributed by atoms with van der Waals surface area (Å²) in [6.45, 7) is 1.45. The number of halogens is 1. The summed E-state index contributed by atoms with van der Waals surface area (Å²) >= 11 is 5.92. The zero-order chi connectivity index (χ0) is 19.2. The van der Waals surface area contributed by atoms with Crippen molar-refractivity contribution in [2.24, 2.45) is 0 Å². The van der Waals surface area contributed by atoms with E-state index in [9.17, 15) is 9.59 Å². The molecule has 3 N–H and O–H groups in total. The number of benzene rings is 2. The highest BCUT2D eigenvalue weighted by atomic mass is 35.5. The van der Waals surface area contributed by atoms with Crippen molar-refractivity contribution in [2.45, 2.75) is 6.92 Å². The molecule has 0 radical (unpaired) electrons. The van der Waals surface area contributed by atoms with Gasteiger partial charge in [-0.05, 0) is 48.5 Å². The quantitative estimate of drug-likeness (QED) is 0.599. The van der Waals surface area contributed by atoms with Crippen molar-refractivity contribution in [3.05, 3.63) is 77.4 Å². The fourth-order valence-corrected chi connectivity index (χ4v) is 2.59. The minimum absolute atomic E-state index is 0.139. The van der Waals surface area contributed by atoms with Gasteiger partial charge in [-0.3, -0.25) is 9.59 Å². The highest BCUT2D eigenvalue weighted by Gasteiger charge is 2.07. The highest BCUT2D eigenvalue weighted by molar-refractivity contribution is 6.31. The molecule has 3 rings (SSSR count). The first-order valence-corrected chi connectivity index (χ1v) is 8.55. The summed E-state index contributed by atoms with van der Waals surface area (Å²) in [5, 5.41) is 9.17. The Morgan fingerprint density at radius 3 is 2.26 bits per heavy atom. The Hall–Kier alpha value is -3.38. The predicted molar refractivity (Wildman–Crippen MR) is 108 cm³/mol. The van der Waals surface area contributed by atoms with Crippen LogP contribution >= 0.6 is 11.6 Å². The molecule has 0 spiro atoms. The molecule has 0 atom stereocenters. The molecule has 1 heterocycles. The first kappa shape index (κ1) is 18.4. The number of rotatable bonds is 5. The third-order valence-electron chi connectivity index (χ3n) is 3.56. The Kier molecular flexibility index (Phi) is 5.68. The van der Waals surface area contributed by atoms with Gasteiger partial charge < -0.3 is 16.0 Å². The second-order valence-corrected chi connectivity index (χ2v) is 6.22. The predicted octanol–water partition coefficient (Wildman–Crippen LogP) is 4.69. The molecule has 0 fully saturated rings. The van der Waals surface area contributed by atoms with Crippen LogP contribution in [0.15, 0.2) is 66.9 Å². The molecule has 2 aromatic carbocycles. The van der Waals surface area contributed by atoms with E-state index in [1.165, 1.54) is 13.1 Å². The number of amides is 2. The Bertz CT molecular complexity index is 974. The summed E-state index contributed by atoms with van der Waals surface area (Å²) in [5.74, 6) is 0.165. The summed E-state index contributed by atoms with van der Waals surface area (Å²) in [6.07, 6.45) is 1.49. The maximum Gasteiger partial charge on any atom is 0.257 e. The van der Waals surface area contributed by atoms with Crippen molar-refractivity contribution < 1.29 is 9.59 Å². The van der Waals surface area contributed by atoms with E-state index in [0.717, 1.165) is 5.69 Å². The van der Waals surface area contributed by atoms with Crippen LogP contribution in [0.3, 0.4) is 0 Å². The van der Waals surface area contributed by atoms with Crippen LogP contribution < -0.4 is 16.0 Å². The van der Waals surface area contributed by atoms with Crippen molar-refractivity contribution >= 4 is 46.3 Å². The molecule has 0 aliphatic carbocycles. The summed E-state index contributed by atoms with van der Waals surface area (Å²) in [6, 6.07) is 17.6. The fraction of sp³-hybridized carbons (Fsp3) is 0.0500. The molecule has 0 unspecified atom stereocenters. The van der Waals surface area contributed by atoms with Gasteiger partial charge in [-0.15, -0.1) is 0 Å². The van der Waals surface area contributed by atoms with E-state index in [1.807, 2.05) is 12.1 Å². The standard InChI is InChI=1S/C20H17ClN4O2/c1-13(26)23-17-6-3-7-18(11-17)24-19-9-8-14(12-22-19)20(27)25-16-5-2-4-15(21)10-16/h2-12H,1H3,(H,22,24)(H,23,26)(H,25,27). The maximum absolute atomic E-state index is 12.3. The van der Waals surface area contributed by atoms with E-state index in [0.29, 0.717) is 27.8 Å². The van der Waals surface area contributed by atoms with Crippen molar-refractivity contribution in [1.82, 2.24) is 4.98 Å². The van der Waals surface area contributed by atoms with Gasteiger partial charge in [0.05, 0.1) is 5.56 Å². The smallest absolute Gasteiger partial charge is 0.257 e. The van der Waals surface area contributed by atoms with E-state index >= 15 is 0 Å². The van der Waals surface area contributed by atoms with E-state index in [2.05, 4.69) is 20.9 Å². The topological polar surface area (TPSA) is 83.1 Å². The Morgan fingerprint density at radius 2 is 1.59 bits per heavy atom. The zero-order valence-electron chi connectivity index (χ0n) is 14.5. The van der Waals surface area contributed by atoms with Crippen molar-refractivity contribution in [3.63, 3.8) is 0 Å². The molecular weight excluding hydrogens is 364 g/mol. The maximum atomic E-state index is 12.3. The lowest BCUT2D eigenvalue weighted by molar-refractivity contribution is -0.114. The van der Waals surface area contributed by atoms with Crippen LogP contribution in [0.4, 0.5) is 22.9 Å². The highest BCUT2D eigenvalue weighted by Crippen LogP contribution is 2.20. The number of hydrogen-bond donors (Lipinski definition) is 3. The third kappa shape index (κ3) is 5.29. The largest absolute Gasteiger partial charge is 0.340 e. The SMILES string of the molecule is CC(=O)Nc1cccc(Nc2ccc(C(=O)Nc3cccc(Cl)c3)cn2)c1. The lowest BCUT2D eigenvalue weighted by Gasteiger charge is -2.09. The first-order valence-electron chi connectivity index (χ1n) is 8.17. The molecule has 0 bridgehead atoms. The summed E-state index contributed by atoms with van der Waals surface area (Å²) in [5.41, 5.74) is 2.49. The number of anilines is 4. The monoisotopic (exact) mass is 380 g/mol. The third-order valence-corrected chi connectivity index (χ3v) is 3.80. The number of pyridine rings is 1. The number of hydrogen-bond acceptors (Lipinski definition) is 4. The summed E-state index contributed by atoms with van der Waals surface area (Å²) in [4.78, 5) is 27.7. The van der Waals surface area contributed by atoms with E-state index in [4.69, 9.17) is 11.6 Å². The Labute approximate surface area is 161 Å². The molecule has 1 aromatic heterocycles. The van der Waals surface area contributed by atoms with E-state index < -0.39 is 0 Å². The molecular formula is C20H17ClN4O2. The van der Waals surface area contributed by atoms with E-state index in [1.54, 1.807) is 48.5 Å². The minimum Gasteiger partial charge on any atom is -0.340 e. The Balaban J connectivity index is 1.66. The second kappa shape index (κ2) is 8.33. The minimum atomic E-state index is -0.274. The number of nitrogens with one attached hydrogen (secondary N) is 3. The fourth-order valence-electron chi connectivity index (χ4n) is 2.40. The molecule has 0 aliphatic heterocycles. The van der Waals surface area contributed by atoms with Gasteiger partial charge in [0.25, 0.3) is 5.91 Å². The van der Waals surface area contributed by atoms with Gasteiger partial charge in [0.2, 0.25) is 5.91 Å². The summed E-state index contributed by atoms with van der Waals surface area (Å²) < 4.78 is 0. The van der Waals surface area contributed by atoms with Crippen LogP contribution in [0.5, 0.6) is 0 Å². The molecule has 0 aliphatic rings. The van der Waals surface area contributed by atoms with Gasteiger partial charge in [-0.25, -0.2) is 4.98 Å². The average Bonchev–Trinajstić information content (AvgIpc) is 2.62. The number of carbonyl (C=O) groups is 2. The van der Waals surface area contributed by atoms with Gasteiger partial charge in [-0.2, -0.15) is 0 Å². The van der Waals surface area contributed by atoms with Crippen LogP contribution in [0, 0.1) is 0 Å². The molecule has 0 saturated carbocycles. The van der Waals surface area contributed by atoms with Crippen molar-refractivity contribution in [1.29, 1.82) is 0 Å². The molecule has 27 heavy (non-hydrogen) atoms. The molecule has 136 valence electrons. The molecule has 2 amide bonds. The Morgan fingerprint density at radius 1 is 0.889 bits per heavy atom. The second-order valence-electron chi connectivity index (χ2n) is 5.78. The van der Waals surface area contributed by atoms with Gasteiger partial charge in [-0.1, -0.05) is 23.7 Å². The van der Waals surface area contributed by atoms with Crippen LogP contribution in [-0.2, 0) is 4.79 Å². The number of nitrogens with zero attached hydrogens (tertiary/aromatic N) is 1. The molecule has 6 nitrogen and oxygen atoms in total. The van der Waals surface area contributed by atoms with Gasteiger partial charge in [0, 0.05) is 35.2 Å². The molecule has 0 saturated heterocycles. The lowest BCUT2D eigenvalue weighted by Crippen LogP contribution is -2.12. The lowest BCUT2D eigenvalue weighted by atomic mass is 10.2. The zero-order valence-corrected chi connectivity index (χ0v) is 15.2. The number of carbonyl (C=O) groups excluding carboxylic acids is 2. The normalized spacial score (nSPS) is 10.1. The van der Waals surface area contributed by atoms with Crippen LogP contribution in [0.2, 0.25) is 5.02 Å².